The Morgan fingerprint density at radius 3 is 2.83 bits per heavy atom. The first-order chi connectivity index (χ1) is 14.0. The molecule has 158 valence electrons. The maximum absolute atomic E-state index is 12.8. The smallest absolute Gasteiger partial charge is 0.274 e. The number of carbonyl (C=O) groups excluding carboxylic acids is 1. The fraction of sp³-hybridized carbons (Fsp3) is 0.684. The number of piperidine rings is 1. The molecule has 10 heteroatoms. The van der Waals surface area contributed by atoms with Crippen molar-refractivity contribution in [2.24, 2.45) is 5.92 Å². The summed E-state index contributed by atoms with van der Waals surface area (Å²) in [4.78, 5) is 36.2. The summed E-state index contributed by atoms with van der Waals surface area (Å²) in [5, 5.41) is 8.38. The molecule has 2 aromatic rings. The second-order valence-corrected chi connectivity index (χ2v) is 9.09. The number of carbonyl (C=O) groups is 1. The van der Waals surface area contributed by atoms with Gasteiger partial charge < -0.3 is 15.1 Å². The monoisotopic (exact) mass is 419 g/mol. The maximum Gasteiger partial charge on any atom is 0.274 e. The number of piperazine rings is 1. The van der Waals surface area contributed by atoms with Gasteiger partial charge in [0.25, 0.3) is 11.5 Å². The van der Waals surface area contributed by atoms with E-state index >= 15 is 0 Å². The topological polar surface area (TPSA) is 86.1 Å². The lowest BCUT2D eigenvalue weighted by molar-refractivity contribution is 0.0933. The minimum absolute atomic E-state index is 0.255. The maximum atomic E-state index is 12.8. The number of aromatic nitrogens is 3. The molecule has 29 heavy (non-hydrogen) atoms. The number of rotatable bonds is 5. The van der Waals surface area contributed by atoms with Crippen molar-refractivity contribution in [2.45, 2.75) is 19.8 Å². The number of nitrogens with one attached hydrogen (secondary N) is 1. The predicted octanol–water partition coefficient (Wildman–Crippen LogP) is 0.365. The van der Waals surface area contributed by atoms with E-state index in [0.717, 1.165) is 57.4 Å². The van der Waals surface area contributed by atoms with Crippen molar-refractivity contribution in [1.29, 1.82) is 0 Å². The Kier molecular flexibility index (Phi) is 6.12. The number of likely N-dealkylation sites (N-methyl/N-ethyl adjacent to an activating group) is 1. The Morgan fingerprint density at radius 2 is 2.07 bits per heavy atom. The van der Waals surface area contributed by atoms with Crippen LogP contribution >= 0.6 is 11.3 Å². The van der Waals surface area contributed by atoms with Crippen LogP contribution in [0.1, 0.15) is 30.3 Å². The van der Waals surface area contributed by atoms with Gasteiger partial charge in [-0.1, -0.05) is 18.3 Å². The Bertz CT molecular complexity index is 919. The third-order valence-electron chi connectivity index (χ3n) is 5.71. The van der Waals surface area contributed by atoms with Gasteiger partial charge in [0.2, 0.25) is 10.1 Å². The number of hydrogen-bond donors (Lipinski definition) is 1. The zero-order chi connectivity index (χ0) is 20.4. The highest BCUT2D eigenvalue weighted by Gasteiger charge is 2.22. The van der Waals surface area contributed by atoms with Crippen LogP contribution in [0.4, 0.5) is 5.13 Å². The number of amides is 1. The van der Waals surface area contributed by atoms with Crippen molar-refractivity contribution in [3.63, 3.8) is 0 Å². The van der Waals surface area contributed by atoms with Crippen LogP contribution in [-0.4, -0.2) is 89.7 Å². The molecule has 2 aliphatic heterocycles. The van der Waals surface area contributed by atoms with E-state index in [9.17, 15) is 9.59 Å². The van der Waals surface area contributed by atoms with Crippen LogP contribution < -0.4 is 15.8 Å². The highest BCUT2D eigenvalue weighted by molar-refractivity contribution is 7.20. The molecule has 1 amide bonds. The molecule has 0 aliphatic carbocycles. The molecule has 0 saturated carbocycles. The molecule has 2 fully saturated rings. The molecular weight excluding hydrogens is 390 g/mol. The lowest BCUT2D eigenvalue weighted by Gasteiger charge is -2.32. The molecule has 4 heterocycles. The van der Waals surface area contributed by atoms with Crippen LogP contribution in [0.5, 0.6) is 0 Å². The first kappa shape index (κ1) is 20.2. The van der Waals surface area contributed by atoms with Crippen molar-refractivity contribution >= 4 is 27.3 Å². The standard InChI is InChI=1S/C19H29N7O2S/c1-14-4-3-6-25(13-14)19-22-26-15(12-16(27)21-18(26)29-19)17(28)20-5-7-24-10-8-23(2)9-11-24/h12,14H,3-11,13H2,1-2H3,(H,20,28). The van der Waals surface area contributed by atoms with Gasteiger partial charge in [0.05, 0.1) is 0 Å². The second kappa shape index (κ2) is 8.76. The third-order valence-corrected chi connectivity index (χ3v) is 6.68. The first-order valence-electron chi connectivity index (χ1n) is 10.3. The van der Waals surface area contributed by atoms with Gasteiger partial charge in [-0.15, -0.1) is 5.10 Å². The van der Waals surface area contributed by atoms with Crippen molar-refractivity contribution < 1.29 is 4.79 Å². The van der Waals surface area contributed by atoms with Crippen LogP contribution in [-0.2, 0) is 0 Å². The highest BCUT2D eigenvalue weighted by Crippen LogP contribution is 2.27. The molecule has 0 spiro atoms. The van der Waals surface area contributed by atoms with Gasteiger partial charge in [-0.2, -0.15) is 9.50 Å². The Hall–Kier alpha value is -2.04. The summed E-state index contributed by atoms with van der Waals surface area (Å²) in [5.41, 5.74) is -0.151. The van der Waals surface area contributed by atoms with Gasteiger partial charge in [-0.05, 0) is 25.8 Å². The van der Waals surface area contributed by atoms with Crippen LogP contribution in [0, 0.1) is 5.92 Å². The average Bonchev–Trinajstić information content (AvgIpc) is 3.12. The quantitative estimate of drug-likeness (QED) is 0.749. The molecular formula is C19H29N7O2S. The normalized spacial score (nSPS) is 21.6. The zero-order valence-corrected chi connectivity index (χ0v) is 18.0. The summed E-state index contributed by atoms with van der Waals surface area (Å²) in [5.74, 6) is 0.332. The predicted molar refractivity (Wildman–Crippen MR) is 114 cm³/mol. The van der Waals surface area contributed by atoms with Crippen molar-refractivity contribution in [2.75, 3.05) is 64.3 Å². The summed E-state index contributed by atoms with van der Waals surface area (Å²) in [6.45, 7) is 9.58. The van der Waals surface area contributed by atoms with E-state index in [0.29, 0.717) is 17.4 Å². The van der Waals surface area contributed by atoms with Gasteiger partial charge in [0.1, 0.15) is 5.69 Å². The fourth-order valence-electron chi connectivity index (χ4n) is 3.95. The largest absolute Gasteiger partial charge is 0.349 e. The van der Waals surface area contributed by atoms with E-state index in [1.807, 2.05) is 0 Å². The molecule has 0 radical (unpaired) electrons. The van der Waals surface area contributed by atoms with E-state index in [-0.39, 0.29) is 11.6 Å². The Labute approximate surface area is 174 Å². The van der Waals surface area contributed by atoms with Crippen molar-refractivity contribution in [3.05, 3.63) is 22.1 Å². The molecule has 0 aromatic carbocycles. The van der Waals surface area contributed by atoms with E-state index in [1.165, 1.54) is 28.3 Å². The molecule has 4 rings (SSSR count). The summed E-state index contributed by atoms with van der Waals surface area (Å²) < 4.78 is 1.52. The number of nitrogens with zero attached hydrogens (tertiary/aromatic N) is 6. The van der Waals surface area contributed by atoms with Gasteiger partial charge in [0, 0.05) is 58.4 Å². The molecule has 1 atom stereocenters. The van der Waals surface area contributed by atoms with Gasteiger partial charge >= 0.3 is 0 Å². The van der Waals surface area contributed by atoms with Crippen molar-refractivity contribution in [3.8, 4) is 0 Å². The SMILES string of the molecule is CC1CCCN(c2nn3c(C(=O)NCCN4CCN(C)CC4)cc(=O)nc3s2)C1. The van der Waals surface area contributed by atoms with Gasteiger partial charge in [-0.3, -0.25) is 14.5 Å². The first-order valence-corrected chi connectivity index (χ1v) is 11.2. The lowest BCUT2D eigenvalue weighted by Crippen LogP contribution is -2.47. The van der Waals surface area contributed by atoms with E-state index in [4.69, 9.17) is 0 Å². The molecule has 2 aromatic heterocycles. The van der Waals surface area contributed by atoms with Crippen LogP contribution in [0.3, 0.4) is 0 Å². The number of fused-ring (bicyclic) bond motifs is 1. The number of anilines is 1. The fourth-order valence-corrected chi connectivity index (χ4v) is 4.89. The molecule has 9 nitrogen and oxygen atoms in total. The van der Waals surface area contributed by atoms with E-state index in [1.54, 1.807) is 0 Å². The summed E-state index contributed by atoms with van der Waals surface area (Å²) in [6, 6.07) is 1.28. The molecule has 0 bridgehead atoms. The third kappa shape index (κ3) is 4.76. The second-order valence-electron chi connectivity index (χ2n) is 8.15. The van der Waals surface area contributed by atoms with Crippen LogP contribution in [0.2, 0.25) is 0 Å². The minimum Gasteiger partial charge on any atom is -0.349 e. The molecule has 1 N–H and O–H groups in total. The summed E-state index contributed by atoms with van der Waals surface area (Å²) >= 11 is 1.37. The molecule has 2 aliphatic rings. The molecule has 2 saturated heterocycles. The van der Waals surface area contributed by atoms with Crippen molar-refractivity contribution in [1.82, 2.24) is 29.7 Å². The number of hydrogen-bond acceptors (Lipinski definition) is 8. The average molecular weight is 420 g/mol. The summed E-state index contributed by atoms with van der Waals surface area (Å²) in [7, 11) is 2.12. The molecule has 1 unspecified atom stereocenters. The highest BCUT2D eigenvalue weighted by atomic mass is 32.1. The van der Waals surface area contributed by atoms with E-state index in [2.05, 4.69) is 44.1 Å². The van der Waals surface area contributed by atoms with Gasteiger partial charge in [0.15, 0.2) is 0 Å². The van der Waals surface area contributed by atoms with Crippen LogP contribution in [0.15, 0.2) is 10.9 Å². The summed E-state index contributed by atoms with van der Waals surface area (Å²) in [6.07, 6.45) is 2.35. The van der Waals surface area contributed by atoms with Crippen LogP contribution in [0.25, 0.3) is 4.96 Å². The zero-order valence-electron chi connectivity index (χ0n) is 17.1. The lowest BCUT2D eigenvalue weighted by atomic mass is 10.0. The minimum atomic E-state index is -0.406. The van der Waals surface area contributed by atoms with Gasteiger partial charge in [-0.25, -0.2) is 0 Å². The Balaban J connectivity index is 1.46. The Morgan fingerprint density at radius 1 is 1.28 bits per heavy atom. The van der Waals surface area contributed by atoms with E-state index < -0.39 is 5.56 Å².